The molecule has 2 unspecified atom stereocenters. The van der Waals surface area contributed by atoms with Gasteiger partial charge in [-0.3, -0.25) is 14.4 Å². The van der Waals surface area contributed by atoms with E-state index in [9.17, 15) is 19.2 Å². The molecule has 2 atom stereocenters. The smallest absolute Gasteiger partial charge is 0.328 e. The number of aliphatic hydroxyl groups excluding tert-OH is 1. The summed E-state index contributed by atoms with van der Waals surface area (Å²) < 4.78 is 5.77. The second kappa shape index (κ2) is 31.5. The molecule has 0 aromatic rings. The number of amides is 2. The van der Waals surface area contributed by atoms with Gasteiger partial charge in [-0.1, -0.05) is 107 Å². The van der Waals surface area contributed by atoms with E-state index < -0.39 is 24.5 Å². The number of carbonyl (C=O) groups excluding carboxylic acids is 3. The highest BCUT2D eigenvalue weighted by molar-refractivity contribution is 5.87. The van der Waals surface area contributed by atoms with Crippen LogP contribution in [0, 0.1) is 0 Å². The Morgan fingerprint density at radius 1 is 0.674 bits per heavy atom. The number of hydrogen-bond donors (Lipinski definition) is 4. The molecule has 4 N–H and O–H groups in total. The number of rotatable bonds is 29. The summed E-state index contributed by atoms with van der Waals surface area (Å²) in [5, 5.41) is 22.5. The molecular formula is C37H60N2O7. The van der Waals surface area contributed by atoms with Gasteiger partial charge in [-0.05, 0) is 63.9 Å². The summed E-state index contributed by atoms with van der Waals surface area (Å²) in [6, 6.07) is -1.41. The van der Waals surface area contributed by atoms with Gasteiger partial charge < -0.3 is 25.6 Å². The highest BCUT2D eigenvalue weighted by Gasteiger charge is 2.19. The predicted octanol–water partition coefficient (Wildman–Crippen LogP) is 7.03. The Hall–Kier alpha value is -3.46. The number of carboxylic acids is 1. The molecule has 0 aromatic carbocycles. The third-order valence-electron chi connectivity index (χ3n) is 7.01. The molecule has 260 valence electrons. The number of allylic oxidation sites excluding steroid dienone is 9. The SMILES string of the molecule is CC/C=C\C/C=C\C/C=C\C/C=C\C/C=C\C(CCCCC(=O)NCC(=O)NC(CO)C(=O)O)OC(=O)CCCCCCCCC. The summed E-state index contributed by atoms with van der Waals surface area (Å²) in [5.74, 6) is -2.59. The normalized spacial score (nSPS) is 13.3. The Bertz CT molecular complexity index is 969. The molecule has 0 rings (SSSR count). The summed E-state index contributed by atoms with van der Waals surface area (Å²) in [5.41, 5.74) is 0. The lowest BCUT2D eigenvalue weighted by molar-refractivity contribution is -0.147. The molecule has 0 aliphatic carbocycles. The van der Waals surface area contributed by atoms with Crippen molar-refractivity contribution in [2.24, 2.45) is 0 Å². The van der Waals surface area contributed by atoms with E-state index in [2.05, 4.69) is 73.1 Å². The van der Waals surface area contributed by atoms with Crippen molar-refractivity contribution in [3.8, 4) is 0 Å². The molecule has 9 heteroatoms. The average Bonchev–Trinajstić information content (AvgIpc) is 3.03. The molecule has 0 bridgehead atoms. The minimum Gasteiger partial charge on any atom is -0.480 e. The Morgan fingerprint density at radius 3 is 1.78 bits per heavy atom. The fraction of sp³-hybridized carbons (Fsp3) is 0.622. The van der Waals surface area contributed by atoms with Crippen LogP contribution in [-0.2, 0) is 23.9 Å². The number of carboxylic acid groups (broad SMARTS) is 1. The van der Waals surface area contributed by atoms with Crippen LogP contribution >= 0.6 is 0 Å². The molecular weight excluding hydrogens is 584 g/mol. The average molecular weight is 645 g/mol. The van der Waals surface area contributed by atoms with Gasteiger partial charge in [0.05, 0.1) is 13.2 Å². The van der Waals surface area contributed by atoms with E-state index in [1.165, 1.54) is 25.7 Å². The summed E-state index contributed by atoms with van der Waals surface area (Å²) in [6.45, 7) is 3.21. The molecule has 0 radical (unpaired) electrons. The molecule has 0 saturated carbocycles. The van der Waals surface area contributed by atoms with Crippen LogP contribution in [0.3, 0.4) is 0 Å². The summed E-state index contributed by atoms with van der Waals surface area (Å²) in [4.78, 5) is 47.4. The Kier molecular flexibility index (Phi) is 29.1. The van der Waals surface area contributed by atoms with Crippen molar-refractivity contribution in [3.05, 3.63) is 60.8 Å². The number of ether oxygens (including phenoxy) is 1. The molecule has 0 aromatic heterocycles. The molecule has 9 nitrogen and oxygen atoms in total. The highest BCUT2D eigenvalue weighted by Crippen LogP contribution is 2.13. The maximum absolute atomic E-state index is 12.5. The van der Waals surface area contributed by atoms with Gasteiger partial charge in [0.2, 0.25) is 11.8 Å². The zero-order valence-electron chi connectivity index (χ0n) is 28.3. The first-order chi connectivity index (χ1) is 22.3. The van der Waals surface area contributed by atoms with Crippen LogP contribution in [0.1, 0.15) is 123 Å². The van der Waals surface area contributed by atoms with Crippen LogP contribution in [0.25, 0.3) is 0 Å². The number of esters is 1. The summed E-state index contributed by atoms with van der Waals surface area (Å²) >= 11 is 0. The Morgan fingerprint density at radius 2 is 1.22 bits per heavy atom. The largest absolute Gasteiger partial charge is 0.480 e. The molecule has 0 saturated heterocycles. The van der Waals surface area contributed by atoms with Gasteiger partial charge in [0.1, 0.15) is 12.1 Å². The fourth-order valence-corrected chi connectivity index (χ4v) is 4.36. The topological polar surface area (TPSA) is 142 Å². The number of hydrogen-bond acceptors (Lipinski definition) is 6. The van der Waals surface area contributed by atoms with Crippen molar-refractivity contribution in [2.75, 3.05) is 13.2 Å². The highest BCUT2D eigenvalue weighted by atomic mass is 16.5. The van der Waals surface area contributed by atoms with Crippen LogP contribution in [0.15, 0.2) is 60.8 Å². The maximum atomic E-state index is 12.5. The van der Waals surface area contributed by atoms with Gasteiger partial charge in [-0.25, -0.2) is 4.79 Å². The second-order valence-electron chi connectivity index (χ2n) is 11.2. The molecule has 0 spiro atoms. The first-order valence-corrected chi connectivity index (χ1v) is 17.2. The lowest BCUT2D eigenvalue weighted by atomic mass is 10.1. The van der Waals surface area contributed by atoms with E-state index in [-0.39, 0.29) is 30.9 Å². The Labute approximate surface area is 277 Å². The van der Waals surface area contributed by atoms with Crippen molar-refractivity contribution in [2.45, 2.75) is 135 Å². The van der Waals surface area contributed by atoms with Crippen molar-refractivity contribution in [1.82, 2.24) is 10.6 Å². The Balaban J connectivity index is 4.62. The summed E-state index contributed by atoms with van der Waals surface area (Å²) in [6.07, 6.45) is 35.5. The first-order valence-electron chi connectivity index (χ1n) is 17.2. The number of aliphatic carboxylic acids is 1. The standard InChI is InChI=1S/C37H60N2O7/c1-3-5-7-9-11-12-13-14-15-16-17-19-20-22-26-32(46-36(43)29-23-21-18-10-8-6-4-2)27-24-25-28-34(41)38-30-35(42)39-33(31-40)37(44)45/h5,7,11-12,14-15,17,19,22,26,32-33,40H,3-4,6,8-10,13,16,18,20-21,23-25,27-31H2,1-2H3,(H,38,41)(H,39,42)(H,44,45)/b7-5-,12-11-,15-14-,19-17-,26-22-. The minimum absolute atomic E-state index is 0.181. The van der Waals surface area contributed by atoms with E-state index in [1.54, 1.807) is 0 Å². The number of nitrogens with one attached hydrogen (secondary N) is 2. The van der Waals surface area contributed by atoms with Crippen molar-refractivity contribution in [1.29, 1.82) is 0 Å². The number of unbranched alkanes of at least 4 members (excludes halogenated alkanes) is 7. The van der Waals surface area contributed by atoms with Crippen LogP contribution in [0.4, 0.5) is 0 Å². The molecule has 2 amide bonds. The van der Waals surface area contributed by atoms with E-state index >= 15 is 0 Å². The lowest BCUT2D eigenvalue weighted by Gasteiger charge is -2.15. The molecule has 46 heavy (non-hydrogen) atoms. The van der Waals surface area contributed by atoms with Crippen molar-refractivity contribution >= 4 is 23.8 Å². The number of aliphatic hydroxyl groups is 1. The van der Waals surface area contributed by atoms with E-state index in [1.807, 2.05) is 12.2 Å². The zero-order valence-corrected chi connectivity index (χ0v) is 28.3. The van der Waals surface area contributed by atoms with Gasteiger partial charge in [0, 0.05) is 12.8 Å². The van der Waals surface area contributed by atoms with E-state index in [0.717, 1.165) is 51.4 Å². The number of carbonyl (C=O) groups is 4. The van der Waals surface area contributed by atoms with Gasteiger partial charge in [0.15, 0.2) is 0 Å². The van der Waals surface area contributed by atoms with Crippen molar-refractivity contribution in [3.63, 3.8) is 0 Å². The van der Waals surface area contributed by atoms with Crippen molar-refractivity contribution < 1.29 is 34.1 Å². The third kappa shape index (κ3) is 28.0. The van der Waals surface area contributed by atoms with Crippen LogP contribution in [-0.4, -0.2) is 59.3 Å². The zero-order chi connectivity index (χ0) is 34.1. The van der Waals surface area contributed by atoms with Gasteiger partial charge in [0.25, 0.3) is 0 Å². The maximum Gasteiger partial charge on any atom is 0.328 e. The quantitative estimate of drug-likeness (QED) is 0.0389. The molecule has 0 aliphatic rings. The minimum atomic E-state index is -1.41. The first kappa shape index (κ1) is 42.5. The van der Waals surface area contributed by atoms with Crippen LogP contribution < -0.4 is 10.6 Å². The summed E-state index contributed by atoms with van der Waals surface area (Å²) in [7, 11) is 0. The van der Waals surface area contributed by atoms with E-state index in [4.69, 9.17) is 14.9 Å². The van der Waals surface area contributed by atoms with Gasteiger partial charge in [-0.15, -0.1) is 0 Å². The third-order valence-corrected chi connectivity index (χ3v) is 7.01. The second-order valence-corrected chi connectivity index (χ2v) is 11.2. The van der Waals surface area contributed by atoms with Crippen LogP contribution in [0.2, 0.25) is 0 Å². The van der Waals surface area contributed by atoms with Gasteiger partial charge >= 0.3 is 11.9 Å². The molecule has 0 heterocycles. The predicted molar refractivity (Wildman–Crippen MR) is 185 cm³/mol. The van der Waals surface area contributed by atoms with E-state index in [0.29, 0.717) is 25.7 Å². The molecule has 0 aliphatic heterocycles. The molecule has 0 fully saturated rings. The monoisotopic (exact) mass is 644 g/mol. The van der Waals surface area contributed by atoms with Crippen LogP contribution in [0.5, 0.6) is 0 Å². The fourth-order valence-electron chi connectivity index (χ4n) is 4.36. The van der Waals surface area contributed by atoms with Gasteiger partial charge in [-0.2, -0.15) is 0 Å². The lowest BCUT2D eigenvalue weighted by Crippen LogP contribution is -2.47.